The quantitative estimate of drug-likeness (QED) is 0.574. The number of halogens is 4. The van der Waals surface area contributed by atoms with Crippen LogP contribution in [-0.4, -0.2) is 44.4 Å². The number of rotatable bonds is 4. The summed E-state index contributed by atoms with van der Waals surface area (Å²) < 4.78 is 53.5. The highest BCUT2D eigenvalue weighted by Crippen LogP contribution is 2.71. The van der Waals surface area contributed by atoms with Gasteiger partial charge >= 0.3 is 6.18 Å². The number of nitrogens with one attached hydrogen (secondary N) is 1. The first-order chi connectivity index (χ1) is 16.3. The van der Waals surface area contributed by atoms with E-state index in [0.717, 1.165) is 25.1 Å². The number of amides is 1. The van der Waals surface area contributed by atoms with Crippen molar-refractivity contribution in [2.75, 3.05) is 11.9 Å². The Morgan fingerprint density at radius 2 is 1.85 bits per heavy atom. The minimum atomic E-state index is -4.46. The molecule has 3 aliphatic rings. The van der Waals surface area contributed by atoms with E-state index in [1.807, 2.05) is 0 Å². The number of piperidine rings is 1. The van der Waals surface area contributed by atoms with Gasteiger partial charge in [0.15, 0.2) is 5.82 Å². The van der Waals surface area contributed by atoms with Gasteiger partial charge in [-0.05, 0) is 48.4 Å². The highest BCUT2D eigenvalue weighted by Gasteiger charge is 2.75. The summed E-state index contributed by atoms with van der Waals surface area (Å²) in [5, 5.41) is 3.19. The molecule has 6 nitrogen and oxygen atoms in total. The standard InChI is InChI=1S/C24H19F4N5O/c25-16-4-1-3-15(21-29-7-2-8-30-21)19(16)22(34)33-12-14-9-23(14)10-17(20(23)33)32-18-6-5-13(11-31-18)24(26,27)28/h1-8,11,14,17,20H,9-10,12H2,(H,31,32). The first kappa shape index (κ1) is 21.0. The van der Waals surface area contributed by atoms with E-state index in [1.54, 1.807) is 17.0 Å². The van der Waals surface area contributed by atoms with Gasteiger partial charge in [0, 0.05) is 36.7 Å². The summed E-state index contributed by atoms with van der Waals surface area (Å²) in [4.78, 5) is 27.6. The van der Waals surface area contributed by atoms with Gasteiger partial charge in [0.1, 0.15) is 11.6 Å². The second kappa shape index (κ2) is 7.22. The molecule has 6 rings (SSSR count). The highest BCUT2D eigenvalue weighted by molar-refractivity contribution is 6.01. The van der Waals surface area contributed by atoms with Gasteiger partial charge in [-0.15, -0.1) is 0 Å². The predicted molar refractivity (Wildman–Crippen MR) is 114 cm³/mol. The molecule has 34 heavy (non-hydrogen) atoms. The minimum absolute atomic E-state index is 0.00605. The van der Waals surface area contributed by atoms with E-state index >= 15 is 0 Å². The van der Waals surface area contributed by atoms with E-state index in [1.165, 1.54) is 30.6 Å². The van der Waals surface area contributed by atoms with Gasteiger partial charge < -0.3 is 10.2 Å². The summed E-state index contributed by atoms with van der Waals surface area (Å²) in [7, 11) is 0. The topological polar surface area (TPSA) is 71.0 Å². The Kier molecular flexibility index (Phi) is 4.46. The molecule has 2 aliphatic carbocycles. The molecule has 1 aromatic carbocycles. The van der Waals surface area contributed by atoms with Crippen LogP contribution in [-0.2, 0) is 6.18 Å². The van der Waals surface area contributed by atoms with Gasteiger partial charge in [0.2, 0.25) is 0 Å². The van der Waals surface area contributed by atoms with Crippen molar-refractivity contribution in [2.45, 2.75) is 31.1 Å². The average Bonchev–Trinajstić information content (AvgIpc) is 3.47. The Bertz CT molecular complexity index is 1270. The fraction of sp³-hybridized carbons (Fsp3) is 0.333. The number of benzene rings is 1. The second-order valence-corrected chi connectivity index (χ2v) is 9.16. The lowest BCUT2D eigenvalue weighted by Gasteiger charge is -2.48. The van der Waals surface area contributed by atoms with Crippen LogP contribution in [0.4, 0.5) is 23.4 Å². The molecule has 174 valence electrons. The van der Waals surface area contributed by atoms with E-state index in [-0.39, 0.29) is 28.9 Å². The first-order valence-electron chi connectivity index (χ1n) is 10.9. The third kappa shape index (κ3) is 3.15. The third-order valence-corrected chi connectivity index (χ3v) is 7.32. The first-order valence-corrected chi connectivity index (χ1v) is 10.9. The van der Waals surface area contributed by atoms with Crippen LogP contribution in [0, 0.1) is 17.2 Å². The number of nitrogens with zero attached hydrogens (tertiary/aromatic N) is 4. The van der Waals surface area contributed by atoms with Crippen molar-refractivity contribution in [3.63, 3.8) is 0 Å². The number of anilines is 1. The Morgan fingerprint density at radius 1 is 1.06 bits per heavy atom. The maximum absolute atomic E-state index is 14.9. The zero-order valence-corrected chi connectivity index (χ0v) is 17.8. The van der Waals surface area contributed by atoms with Crippen molar-refractivity contribution in [3.8, 4) is 11.4 Å². The van der Waals surface area contributed by atoms with Gasteiger partial charge in [-0.25, -0.2) is 19.3 Å². The Morgan fingerprint density at radius 3 is 2.56 bits per heavy atom. The molecule has 3 heterocycles. The van der Waals surface area contributed by atoms with Crippen LogP contribution in [0.2, 0.25) is 0 Å². The molecule has 1 spiro atoms. The molecule has 0 radical (unpaired) electrons. The molecule has 1 N–H and O–H groups in total. The molecule has 3 aromatic rings. The zero-order valence-electron chi connectivity index (χ0n) is 17.8. The fourth-order valence-corrected chi connectivity index (χ4v) is 5.70. The van der Waals surface area contributed by atoms with Crippen molar-refractivity contribution in [1.29, 1.82) is 0 Å². The number of hydrogen-bond acceptors (Lipinski definition) is 5. The number of carbonyl (C=O) groups excluding carboxylic acids is 1. The van der Waals surface area contributed by atoms with Crippen molar-refractivity contribution in [2.24, 2.45) is 11.3 Å². The van der Waals surface area contributed by atoms with E-state index in [9.17, 15) is 22.4 Å². The molecule has 4 unspecified atom stereocenters. The summed E-state index contributed by atoms with van der Waals surface area (Å²) in [5.74, 6) is -0.139. The van der Waals surface area contributed by atoms with Crippen molar-refractivity contribution < 1.29 is 22.4 Å². The molecule has 0 bridgehead atoms. The Balaban J connectivity index is 1.27. The summed E-state index contributed by atoms with van der Waals surface area (Å²) in [5.41, 5.74) is -0.566. The van der Waals surface area contributed by atoms with E-state index in [2.05, 4.69) is 20.3 Å². The van der Waals surface area contributed by atoms with E-state index in [0.29, 0.717) is 23.8 Å². The van der Waals surface area contributed by atoms with Gasteiger partial charge in [0.25, 0.3) is 5.91 Å². The van der Waals surface area contributed by atoms with Crippen molar-refractivity contribution in [1.82, 2.24) is 19.9 Å². The molecule has 4 atom stereocenters. The smallest absolute Gasteiger partial charge is 0.365 e. The zero-order chi connectivity index (χ0) is 23.7. The molecular weight excluding hydrogens is 450 g/mol. The number of alkyl halides is 3. The summed E-state index contributed by atoms with van der Waals surface area (Å²) in [6.45, 7) is 0.519. The lowest BCUT2D eigenvalue weighted by atomic mass is 9.71. The number of pyridine rings is 1. The van der Waals surface area contributed by atoms with Gasteiger partial charge in [-0.1, -0.05) is 12.1 Å². The number of likely N-dealkylation sites (tertiary alicyclic amines) is 1. The lowest BCUT2D eigenvalue weighted by molar-refractivity contribution is -0.137. The second-order valence-electron chi connectivity index (χ2n) is 9.16. The summed E-state index contributed by atoms with van der Waals surface area (Å²) in [6.07, 6.45) is 1.18. The predicted octanol–water partition coefficient (Wildman–Crippen LogP) is 4.41. The molecule has 3 fully saturated rings. The van der Waals surface area contributed by atoms with Crippen LogP contribution >= 0.6 is 0 Å². The van der Waals surface area contributed by atoms with Crippen LogP contribution in [0.25, 0.3) is 11.4 Å². The van der Waals surface area contributed by atoms with Crippen molar-refractivity contribution >= 4 is 11.7 Å². The van der Waals surface area contributed by atoms with Crippen LogP contribution < -0.4 is 5.32 Å². The summed E-state index contributed by atoms with van der Waals surface area (Å²) in [6, 6.07) is 7.94. The third-order valence-electron chi connectivity index (χ3n) is 7.32. The minimum Gasteiger partial charge on any atom is -0.365 e. The van der Waals surface area contributed by atoms with Crippen LogP contribution in [0.3, 0.4) is 0 Å². The lowest BCUT2D eigenvalue weighted by Crippen LogP contribution is -2.60. The van der Waals surface area contributed by atoms with Gasteiger partial charge in [-0.2, -0.15) is 13.2 Å². The number of carbonyl (C=O) groups is 1. The van der Waals surface area contributed by atoms with E-state index < -0.39 is 23.5 Å². The van der Waals surface area contributed by atoms with Gasteiger partial charge in [0.05, 0.1) is 17.2 Å². The molecule has 2 saturated carbocycles. The normalized spacial score (nSPS) is 26.9. The van der Waals surface area contributed by atoms with Crippen LogP contribution in [0.15, 0.2) is 55.0 Å². The number of hydrogen-bond donors (Lipinski definition) is 1. The summed E-state index contributed by atoms with van der Waals surface area (Å²) >= 11 is 0. The Hall–Kier alpha value is -3.56. The molecule has 1 saturated heterocycles. The Labute approximate surface area is 192 Å². The largest absolute Gasteiger partial charge is 0.417 e. The maximum atomic E-state index is 14.9. The average molecular weight is 469 g/mol. The molecule has 2 aromatic heterocycles. The van der Waals surface area contributed by atoms with Crippen LogP contribution in [0.1, 0.15) is 28.8 Å². The van der Waals surface area contributed by atoms with Crippen molar-refractivity contribution in [3.05, 3.63) is 71.9 Å². The molecular formula is C24H19F4N5O. The highest BCUT2D eigenvalue weighted by atomic mass is 19.4. The van der Waals surface area contributed by atoms with E-state index in [4.69, 9.17) is 0 Å². The fourth-order valence-electron chi connectivity index (χ4n) is 5.70. The SMILES string of the molecule is O=C(c1c(F)cccc1-c1ncccn1)N1CC2CC23CC(Nc2ccc(C(F)(F)F)cn2)C13. The number of aromatic nitrogens is 3. The molecule has 1 aliphatic heterocycles. The molecule has 10 heteroatoms. The van der Waals surface area contributed by atoms with Gasteiger partial charge in [-0.3, -0.25) is 4.79 Å². The molecule has 1 amide bonds. The van der Waals surface area contributed by atoms with Crippen LogP contribution in [0.5, 0.6) is 0 Å². The monoisotopic (exact) mass is 469 g/mol. The maximum Gasteiger partial charge on any atom is 0.417 e.